The van der Waals surface area contributed by atoms with Crippen LogP contribution in [-0.4, -0.2) is 29.4 Å². The van der Waals surface area contributed by atoms with Crippen molar-refractivity contribution in [3.63, 3.8) is 0 Å². The highest BCUT2D eigenvalue weighted by molar-refractivity contribution is 7.19. The number of aromatic nitrogens is 1. The van der Waals surface area contributed by atoms with Crippen LogP contribution >= 0.6 is 11.3 Å². The van der Waals surface area contributed by atoms with Gasteiger partial charge in [-0.25, -0.2) is 4.79 Å². The van der Waals surface area contributed by atoms with Gasteiger partial charge >= 0.3 is 5.97 Å². The zero-order valence-electron chi connectivity index (χ0n) is 11.9. The van der Waals surface area contributed by atoms with Crippen LogP contribution in [0.1, 0.15) is 27.3 Å². The van der Waals surface area contributed by atoms with Gasteiger partial charge in [0, 0.05) is 12.6 Å². The Hall–Kier alpha value is -2.92. The lowest BCUT2D eigenvalue weighted by Crippen LogP contribution is -2.24. The zero-order valence-corrected chi connectivity index (χ0v) is 12.7. The van der Waals surface area contributed by atoms with Gasteiger partial charge in [0.15, 0.2) is 0 Å². The molecule has 1 atom stereocenters. The molecule has 1 fully saturated rings. The minimum atomic E-state index is -0.530. The lowest BCUT2D eigenvalue weighted by Gasteiger charge is -2.07. The molecule has 0 bridgehead atoms. The van der Waals surface area contributed by atoms with Gasteiger partial charge in [-0.05, 0) is 12.1 Å². The number of hydrogen-bond acceptors (Lipinski definition) is 8. The van der Waals surface area contributed by atoms with Crippen molar-refractivity contribution < 1.29 is 14.3 Å². The minimum absolute atomic E-state index is 0.0991. The number of hydrogen-bond donors (Lipinski definition) is 2. The molecule has 0 saturated carbocycles. The first-order chi connectivity index (χ1) is 11.1. The minimum Gasteiger partial charge on any atom is -0.464 e. The van der Waals surface area contributed by atoms with Gasteiger partial charge in [-0.1, -0.05) is 6.07 Å². The number of cyclic esters (lactones) is 1. The largest absolute Gasteiger partial charge is 0.464 e. The van der Waals surface area contributed by atoms with Crippen molar-refractivity contribution in [1.82, 2.24) is 4.98 Å². The number of esters is 1. The Bertz CT molecular complexity index is 810. The lowest BCUT2D eigenvalue weighted by molar-refractivity contribution is -0.138. The van der Waals surface area contributed by atoms with Crippen molar-refractivity contribution in [3.8, 4) is 6.07 Å². The summed E-state index contributed by atoms with van der Waals surface area (Å²) in [4.78, 5) is 28.3. The fourth-order valence-electron chi connectivity index (χ4n) is 2.22. The molecule has 2 aromatic heterocycles. The first-order valence-electron chi connectivity index (χ1n) is 6.83. The van der Waals surface area contributed by atoms with Gasteiger partial charge in [0.2, 0.25) is 5.78 Å². The summed E-state index contributed by atoms with van der Waals surface area (Å²) in [5.41, 5.74) is 6.45. The van der Waals surface area contributed by atoms with Crippen LogP contribution in [0, 0.1) is 11.3 Å². The predicted molar refractivity (Wildman–Crippen MR) is 84.1 cm³/mol. The monoisotopic (exact) mass is 328 g/mol. The fourth-order valence-corrected chi connectivity index (χ4v) is 3.30. The van der Waals surface area contributed by atoms with Crippen molar-refractivity contribution in [3.05, 3.63) is 40.5 Å². The van der Waals surface area contributed by atoms with E-state index in [-0.39, 0.29) is 33.6 Å². The van der Waals surface area contributed by atoms with Crippen LogP contribution in [0.3, 0.4) is 0 Å². The van der Waals surface area contributed by atoms with E-state index in [1.807, 2.05) is 6.07 Å². The van der Waals surface area contributed by atoms with Crippen molar-refractivity contribution in [2.45, 2.75) is 12.5 Å². The molecule has 3 rings (SSSR count). The first kappa shape index (κ1) is 15.0. The second-order valence-corrected chi connectivity index (χ2v) is 5.88. The SMILES string of the molecule is N#Cc1c(NC2CCOC2=O)sc(C(=O)c2ccccn2)c1N. The smallest absolute Gasteiger partial charge is 0.328 e. The molecular formula is C15H12N4O3S. The molecule has 2 aromatic rings. The van der Waals surface area contributed by atoms with Gasteiger partial charge in [0.25, 0.3) is 0 Å². The summed E-state index contributed by atoms with van der Waals surface area (Å²) in [6.45, 7) is 0.332. The van der Waals surface area contributed by atoms with E-state index in [1.54, 1.807) is 18.2 Å². The second kappa shape index (κ2) is 6.06. The number of pyridine rings is 1. The van der Waals surface area contributed by atoms with Crippen molar-refractivity contribution in [1.29, 1.82) is 5.26 Å². The molecule has 116 valence electrons. The van der Waals surface area contributed by atoms with E-state index in [0.29, 0.717) is 18.0 Å². The summed E-state index contributed by atoms with van der Waals surface area (Å²) >= 11 is 1.05. The maximum Gasteiger partial charge on any atom is 0.328 e. The Morgan fingerprint density at radius 1 is 1.52 bits per heavy atom. The summed E-state index contributed by atoms with van der Waals surface area (Å²) in [6.07, 6.45) is 2.01. The molecule has 1 aliphatic rings. The van der Waals surface area contributed by atoms with Gasteiger partial charge in [-0.2, -0.15) is 5.26 Å². The summed E-state index contributed by atoms with van der Waals surface area (Å²) in [7, 11) is 0. The molecule has 8 heteroatoms. The maximum atomic E-state index is 12.5. The van der Waals surface area contributed by atoms with Crippen LogP contribution in [0.4, 0.5) is 10.7 Å². The average Bonchev–Trinajstić information content (AvgIpc) is 3.11. The molecule has 0 aliphatic carbocycles. The van der Waals surface area contributed by atoms with Crippen LogP contribution in [0.5, 0.6) is 0 Å². The maximum absolute atomic E-state index is 12.5. The second-order valence-electron chi connectivity index (χ2n) is 4.86. The highest BCUT2D eigenvalue weighted by Gasteiger charge is 2.30. The van der Waals surface area contributed by atoms with Crippen LogP contribution in [0.2, 0.25) is 0 Å². The first-order valence-corrected chi connectivity index (χ1v) is 7.64. The van der Waals surface area contributed by atoms with E-state index >= 15 is 0 Å². The number of anilines is 2. The van der Waals surface area contributed by atoms with E-state index in [9.17, 15) is 14.9 Å². The quantitative estimate of drug-likeness (QED) is 0.645. The number of rotatable bonds is 4. The summed E-state index contributed by atoms with van der Waals surface area (Å²) in [5, 5.41) is 12.6. The third-order valence-electron chi connectivity index (χ3n) is 3.40. The summed E-state index contributed by atoms with van der Waals surface area (Å²) in [5.74, 6) is -0.731. The number of carbonyl (C=O) groups is 2. The van der Waals surface area contributed by atoms with Crippen LogP contribution in [0.25, 0.3) is 0 Å². The van der Waals surface area contributed by atoms with Gasteiger partial charge < -0.3 is 15.8 Å². The van der Waals surface area contributed by atoms with Crippen molar-refractivity contribution in [2.75, 3.05) is 17.7 Å². The molecule has 0 amide bonds. The number of nitrogens with zero attached hydrogens (tertiary/aromatic N) is 2. The Labute approximate surface area is 135 Å². The number of nitrogens with two attached hydrogens (primary N) is 1. The van der Waals surface area contributed by atoms with Crippen LogP contribution in [-0.2, 0) is 9.53 Å². The molecule has 1 aliphatic heterocycles. The average molecular weight is 328 g/mol. The highest BCUT2D eigenvalue weighted by atomic mass is 32.1. The van der Waals surface area contributed by atoms with E-state index < -0.39 is 6.04 Å². The highest BCUT2D eigenvalue weighted by Crippen LogP contribution is 2.37. The summed E-state index contributed by atoms with van der Waals surface area (Å²) in [6, 6.07) is 6.43. The number of nitriles is 1. The van der Waals surface area contributed by atoms with E-state index in [0.717, 1.165) is 11.3 Å². The summed E-state index contributed by atoms with van der Waals surface area (Å²) < 4.78 is 4.88. The van der Waals surface area contributed by atoms with Crippen molar-refractivity contribution >= 4 is 33.8 Å². The number of carbonyl (C=O) groups excluding carboxylic acids is 2. The fraction of sp³-hybridized carbons (Fsp3) is 0.200. The Morgan fingerprint density at radius 3 is 2.96 bits per heavy atom. The molecule has 1 unspecified atom stereocenters. The number of nitrogens with one attached hydrogen (secondary N) is 1. The predicted octanol–water partition coefficient (Wildman–Crippen LogP) is 1.56. The molecule has 3 N–H and O–H groups in total. The molecule has 1 saturated heterocycles. The van der Waals surface area contributed by atoms with Crippen LogP contribution in [0.15, 0.2) is 24.4 Å². The number of thiophene rings is 1. The molecular weight excluding hydrogens is 316 g/mol. The van der Waals surface area contributed by atoms with Gasteiger partial charge in [0.1, 0.15) is 33.2 Å². The Kier molecular flexibility index (Phi) is 3.95. The number of nitrogen functional groups attached to an aromatic ring is 1. The molecule has 3 heterocycles. The Balaban J connectivity index is 1.95. The third kappa shape index (κ3) is 2.74. The third-order valence-corrected chi connectivity index (χ3v) is 4.54. The Morgan fingerprint density at radius 2 is 2.35 bits per heavy atom. The van der Waals surface area contributed by atoms with E-state index in [2.05, 4.69) is 10.3 Å². The van der Waals surface area contributed by atoms with E-state index in [4.69, 9.17) is 10.5 Å². The molecule has 0 aromatic carbocycles. The standard InChI is InChI=1S/C15H12N4O3S/c16-7-8-11(17)13(12(20)9-3-1-2-5-18-9)23-14(8)19-10-4-6-22-15(10)21/h1-3,5,10,19H,4,6,17H2. The molecule has 0 radical (unpaired) electrons. The van der Waals surface area contributed by atoms with Crippen LogP contribution < -0.4 is 11.1 Å². The van der Waals surface area contributed by atoms with Crippen molar-refractivity contribution in [2.24, 2.45) is 0 Å². The van der Waals surface area contributed by atoms with Gasteiger partial charge in [-0.3, -0.25) is 9.78 Å². The number of ether oxygens (including phenoxy) is 1. The number of ketones is 1. The lowest BCUT2D eigenvalue weighted by atomic mass is 10.1. The molecule has 7 nitrogen and oxygen atoms in total. The topological polar surface area (TPSA) is 118 Å². The molecule has 0 spiro atoms. The van der Waals surface area contributed by atoms with Gasteiger partial charge in [0.05, 0.1) is 12.3 Å². The normalized spacial score (nSPS) is 16.7. The van der Waals surface area contributed by atoms with E-state index in [1.165, 1.54) is 6.20 Å². The molecule has 23 heavy (non-hydrogen) atoms. The van der Waals surface area contributed by atoms with Gasteiger partial charge in [-0.15, -0.1) is 11.3 Å². The zero-order chi connectivity index (χ0) is 16.4.